The predicted octanol–water partition coefficient (Wildman–Crippen LogP) is 0.848. The Bertz CT molecular complexity index is 281. The van der Waals surface area contributed by atoms with Crippen LogP contribution in [0.5, 0.6) is 0 Å². The number of hydrogen-bond acceptors (Lipinski definition) is 4. The molecule has 2 atom stereocenters. The van der Waals surface area contributed by atoms with Crippen molar-refractivity contribution in [2.75, 3.05) is 39.4 Å². The molecule has 5 heteroatoms. The van der Waals surface area contributed by atoms with Gasteiger partial charge in [0.15, 0.2) is 0 Å². The minimum atomic E-state index is 0.536. The fourth-order valence-corrected chi connectivity index (χ4v) is 3.30. The average Bonchev–Trinajstić information content (AvgIpc) is 2.86. The van der Waals surface area contributed by atoms with E-state index < -0.39 is 0 Å². The molecule has 104 valence electrons. The maximum Gasteiger partial charge on any atom is 0.0743 e. The first kappa shape index (κ1) is 14.2. The number of morpholine rings is 1. The summed E-state index contributed by atoms with van der Waals surface area (Å²) in [7, 11) is 0. The number of thiocarbonyl (C=S) groups is 1. The lowest BCUT2D eigenvalue weighted by Gasteiger charge is -2.33. The summed E-state index contributed by atoms with van der Waals surface area (Å²) < 4.78 is 5.42. The van der Waals surface area contributed by atoms with Gasteiger partial charge in [0.2, 0.25) is 0 Å². The van der Waals surface area contributed by atoms with Gasteiger partial charge in [0.25, 0.3) is 0 Å². The molecule has 0 aromatic heterocycles. The second-order valence-corrected chi connectivity index (χ2v) is 5.84. The molecule has 0 bridgehead atoms. The van der Waals surface area contributed by atoms with Crippen LogP contribution >= 0.6 is 12.2 Å². The zero-order chi connectivity index (χ0) is 13.0. The molecule has 0 aromatic carbocycles. The van der Waals surface area contributed by atoms with Crippen molar-refractivity contribution >= 4 is 17.2 Å². The van der Waals surface area contributed by atoms with Crippen LogP contribution in [0.4, 0.5) is 0 Å². The lowest BCUT2D eigenvalue weighted by molar-refractivity contribution is 0.0176. The summed E-state index contributed by atoms with van der Waals surface area (Å²) in [5.74, 6) is 0. The molecule has 0 aromatic rings. The molecule has 2 heterocycles. The van der Waals surface area contributed by atoms with E-state index in [0.717, 1.165) is 39.1 Å². The summed E-state index contributed by atoms with van der Waals surface area (Å²) in [5.41, 5.74) is 5.69. The summed E-state index contributed by atoms with van der Waals surface area (Å²) in [6, 6.07) is 1.24. The number of nitrogens with zero attached hydrogens (tertiary/aromatic N) is 2. The zero-order valence-electron chi connectivity index (χ0n) is 11.3. The summed E-state index contributed by atoms with van der Waals surface area (Å²) in [5, 5.41) is 0. The summed E-state index contributed by atoms with van der Waals surface area (Å²) >= 11 is 5.05. The molecule has 0 saturated carbocycles. The van der Waals surface area contributed by atoms with Crippen LogP contribution in [-0.2, 0) is 4.74 Å². The number of likely N-dealkylation sites (tertiary alicyclic amines) is 1. The molecule has 4 nitrogen and oxygen atoms in total. The Kier molecular flexibility index (Phi) is 5.36. The second kappa shape index (κ2) is 6.80. The molecule has 2 saturated heterocycles. The van der Waals surface area contributed by atoms with E-state index in [2.05, 4.69) is 16.7 Å². The summed E-state index contributed by atoms with van der Waals surface area (Å²) in [6.45, 7) is 8.53. The van der Waals surface area contributed by atoms with Gasteiger partial charge in [0.1, 0.15) is 0 Å². The van der Waals surface area contributed by atoms with Gasteiger partial charge in [-0.2, -0.15) is 0 Å². The lowest BCUT2D eigenvalue weighted by Crippen LogP contribution is -2.45. The van der Waals surface area contributed by atoms with Crippen molar-refractivity contribution in [2.45, 2.75) is 38.3 Å². The molecule has 0 amide bonds. The van der Waals surface area contributed by atoms with Crippen LogP contribution in [0.3, 0.4) is 0 Å². The molecule has 2 aliphatic rings. The SMILES string of the molecule is CCC(CC(N)=S)N1CCC(N2CCOCC2)C1. The van der Waals surface area contributed by atoms with Crippen LogP contribution in [-0.4, -0.2) is 66.3 Å². The van der Waals surface area contributed by atoms with Crippen LogP contribution < -0.4 is 5.73 Å². The van der Waals surface area contributed by atoms with Gasteiger partial charge < -0.3 is 10.5 Å². The van der Waals surface area contributed by atoms with E-state index >= 15 is 0 Å². The van der Waals surface area contributed by atoms with Crippen molar-refractivity contribution in [1.82, 2.24) is 9.80 Å². The van der Waals surface area contributed by atoms with Gasteiger partial charge in [-0.15, -0.1) is 0 Å². The minimum Gasteiger partial charge on any atom is -0.393 e. The van der Waals surface area contributed by atoms with E-state index in [0.29, 0.717) is 17.1 Å². The Morgan fingerprint density at radius 3 is 2.72 bits per heavy atom. The Morgan fingerprint density at radius 1 is 1.39 bits per heavy atom. The molecule has 0 radical (unpaired) electrons. The highest BCUT2D eigenvalue weighted by Crippen LogP contribution is 2.21. The van der Waals surface area contributed by atoms with Crippen molar-refractivity contribution in [2.24, 2.45) is 5.73 Å². The molecule has 18 heavy (non-hydrogen) atoms. The van der Waals surface area contributed by atoms with E-state index in [1.165, 1.54) is 19.5 Å². The highest BCUT2D eigenvalue weighted by Gasteiger charge is 2.31. The molecule has 2 N–H and O–H groups in total. The van der Waals surface area contributed by atoms with Crippen molar-refractivity contribution in [3.05, 3.63) is 0 Å². The molecule has 2 rings (SSSR count). The first-order chi connectivity index (χ1) is 8.70. The van der Waals surface area contributed by atoms with Crippen LogP contribution in [0, 0.1) is 0 Å². The molecule has 2 fully saturated rings. The molecular weight excluding hydrogens is 246 g/mol. The van der Waals surface area contributed by atoms with Crippen molar-refractivity contribution in [3.63, 3.8) is 0 Å². The van der Waals surface area contributed by atoms with Crippen molar-refractivity contribution < 1.29 is 4.74 Å². The minimum absolute atomic E-state index is 0.536. The van der Waals surface area contributed by atoms with E-state index in [4.69, 9.17) is 22.7 Å². The smallest absolute Gasteiger partial charge is 0.0743 e. The monoisotopic (exact) mass is 271 g/mol. The van der Waals surface area contributed by atoms with E-state index in [9.17, 15) is 0 Å². The van der Waals surface area contributed by atoms with Crippen molar-refractivity contribution in [3.8, 4) is 0 Å². The van der Waals surface area contributed by atoms with Crippen LogP contribution in [0.15, 0.2) is 0 Å². The van der Waals surface area contributed by atoms with Crippen LogP contribution in [0.2, 0.25) is 0 Å². The number of nitrogens with two attached hydrogens (primary N) is 1. The van der Waals surface area contributed by atoms with Gasteiger partial charge in [-0.1, -0.05) is 19.1 Å². The predicted molar refractivity (Wildman–Crippen MR) is 77.9 cm³/mol. The first-order valence-corrected chi connectivity index (χ1v) is 7.45. The lowest BCUT2D eigenvalue weighted by atomic mass is 10.1. The number of ether oxygens (including phenoxy) is 1. The number of hydrogen-bond donors (Lipinski definition) is 1. The summed E-state index contributed by atoms with van der Waals surface area (Å²) in [6.07, 6.45) is 3.27. The van der Waals surface area contributed by atoms with Gasteiger partial charge in [0, 0.05) is 44.7 Å². The van der Waals surface area contributed by atoms with Gasteiger partial charge >= 0.3 is 0 Å². The molecule has 2 aliphatic heterocycles. The second-order valence-electron chi connectivity index (χ2n) is 5.32. The van der Waals surface area contributed by atoms with E-state index in [1.54, 1.807) is 0 Å². The topological polar surface area (TPSA) is 41.7 Å². The Labute approximate surface area is 115 Å². The average molecular weight is 271 g/mol. The van der Waals surface area contributed by atoms with Gasteiger partial charge in [-0.25, -0.2) is 0 Å². The summed E-state index contributed by atoms with van der Waals surface area (Å²) in [4.78, 5) is 5.80. The van der Waals surface area contributed by atoms with Crippen LogP contribution in [0.25, 0.3) is 0 Å². The molecule has 0 spiro atoms. The third-order valence-electron chi connectivity index (χ3n) is 4.18. The fraction of sp³-hybridized carbons (Fsp3) is 0.923. The Balaban J connectivity index is 1.84. The van der Waals surface area contributed by atoms with Gasteiger partial charge in [-0.3, -0.25) is 9.80 Å². The van der Waals surface area contributed by atoms with Gasteiger partial charge in [-0.05, 0) is 12.8 Å². The number of rotatable bonds is 5. The highest BCUT2D eigenvalue weighted by molar-refractivity contribution is 7.80. The fourth-order valence-electron chi connectivity index (χ4n) is 3.10. The first-order valence-electron chi connectivity index (χ1n) is 7.05. The van der Waals surface area contributed by atoms with E-state index in [1.807, 2.05) is 0 Å². The third-order valence-corrected chi connectivity index (χ3v) is 4.35. The standard InChI is InChI=1S/C13H25N3OS/c1-2-11(9-13(14)18)16-4-3-12(10-16)15-5-7-17-8-6-15/h11-12H,2-10H2,1H3,(H2,14,18). The zero-order valence-corrected chi connectivity index (χ0v) is 12.1. The van der Waals surface area contributed by atoms with Crippen molar-refractivity contribution in [1.29, 1.82) is 0 Å². The highest BCUT2D eigenvalue weighted by atomic mass is 32.1. The Hall–Kier alpha value is -0.230. The quantitative estimate of drug-likeness (QED) is 0.751. The van der Waals surface area contributed by atoms with Gasteiger partial charge in [0.05, 0.1) is 18.2 Å². The largest absolute Gasteiger partial charge is 0.393 e. The third kappa shape index (κ3) is 3.63. The van der Waals surface area contributed by atoms with E-state index in [-0.39, 0.29) is 0 Å². The van der Waals surface area contributed by atoms with Crippen LogP contribution in [0.1, 0.15) is 26.2 Å². The maximum absolute atomic E-state index is 5.69. The molecule has 0 aliphatic carbocycles. The Morgan fingerprint density at radius 2 is 2.11 bits per heavy atom. The molecular formula is C13H25N3OS. The normalized spacial score (nSPS) is 28.4. The molecule has 2 unspecified atom stereocenters. The maximum atomic E-state index is 5.69.